The van der Waals surface area contributed by atoms with Gasteiger partial charge >= 0.3 is 0 Å². The monoisotopic (exact) mass is 1820 g/mol. The molecule has 0 atom stereocenters. The van der Waals surface area contributed by atoms with E-state index in [-0.39, 0.29) is 101 Å². The molecule has 36 heteroatoms. The van der Waals surface area contributed by atoms with Crippen LogP contribution < -0.4 is 28.3 Å². The maximum Gasteiger partial charge on any atom is 0.215 e. The molecule has 12 N–H and O–H groups in total. The van der Waals surface area contributed by atoms with Crippen LogP contribution in [0.15, 0.2) is 146 Å². The molecule has 0 bridgehead atoms. The standard InChI is InChI=1S/6C14H21N3O2S/c6*1-15-20(18,19)10-11-4-5-14-13(8-11)12(9-16-14)6-7-17(2)3/h6*4-5,8-9,15-16H,6-7,10H2,1-3H3/i1D3,2D3,3D3,7D2,10D2;1D3,2D3,7D2,10D2;2D3,3D3,10D2;1D3,7D2,10D2;2D3,10D2;10D2/hD6. The maximum atomic E-state index is 12.3. The molecule has 0 saturated heterocycles. The van der Waals surface area contributed by atoms with Gasteiger partial charge in [0.2, 0.25) is 60.1 Å². The molecule has 0 aliphatic carbocycles. The molecule has 0 radical (unpaired) electrons. The van der Waals surface area contributed by atoms with E-state index in [4.69, 9.17) is 70.2 Å². The number of aromatic amines is 6. The second kappa shape index (κ2) is 45.2. The molecule has 0 fully saturated rings. The van der Waals surface area contributed by atoms with E-state index in [1.807, 2.05) is 19.0 Å². The Morgan fingerprint density at radius 2 is 0.542 bits per heavy atom. The van der Waals surface area contributed by atoms with Gasteiger partial charge in [-0.2, -0.15) is 0 Å². The lowest BCUT2D eigenvalue weighted by Crippen LogP contribution is -2.20. The highest BCUT2D eigenvalue weighted by Gasteiger charge is 2.19. The van der Waals surface area contributed by atoms with Crippen molar-refractivity contribution in [2.75, 3.05) is 165 Å². The zero-order valence-electron chi connectivity index (χ0n) is 117. The molecule has 120 heavy (non-hydrogen) atoms. The van der Waals surface area contributed by atoms with E-state index in [9.17, 15) is 50.5 Å². The summed E-state index contributed by atoms with van der Waals surface area (Å²) in [6.45, 7) is -33.0. The van der Waals surface area contributed by atoms with Gasteiger partial charge in [-0.25, -0.2) is 78.8 Å². The summed E-state index contributed by atoms with van der Waals surface area (Å²) in [5.74, 6) is 0. The summed E-state index contributed by atoms with van der Waals surface area (Å²) >= 11 is 0. The molecule has 0 unspecified atom stereocenters. The van der Waals surface area contributed by atoms with E-state index in [1.165, 1.54) is 158 Å². The number of benzene rings is 6. The fourth-order valence-electron chi connectivity index (χ4n) is 10.9. The fourth-order valence-corrected chi connectivity index (χ4v) is 13.9. The Kier molecular flexibility index (Phi) is 18.2. The molecule has 12 rings (SSSR count). The third-order valence-corrected chi connectivity index (χ3v) is 21.9. The van der Waals surface area contributed by atoms with E-state index in [0.717, 1.165) is 62.4 Å². The van der Waals surface area contributed by atoms with Crippen LogP contribution in [0.5, 0.6) is 0 Å². The molecule has 6 aromatic carbocycles. The number of nitrogens with one attached hydrogen (secondary N) is 12. The van der Waals surface area contributed by atoms with Crippen LogP contribution in [-0.2, 0) is 133 Å². The summed E-state index contributed by atoms with van der Waals surface area (Å²) in [4.78, 5) is 17.1. The highest BCUT2D eigenvalue weighted by atomic mass is 32.2. The van der Waals surface area contributed by atoms with E-state index in [1.54, 1.807) is 26.5 Å². The van der Waals surface area contributed by atoms with Crippen molar-refractivity contribution in [1.29, 1.82) is 0 Å². The SMILES string of the molecule is [2H]C([2H])([2H])NS(=O)(=O)C([2H])([2H])c1ccc2[nH]cc(CC([2H])([2H])N(C([2H])([2H])[2H])C([2H])([2H])[2H])c2c1.[2H]C([2H])([2H])NS(=O)(=O)C([2H])([2H])c1ccc2[nH]cc(CC([2H])([2H])N(C)C([2H])([2H])[2H])c2c1.[2H]C([2H])([2H])NS(=O)(=O)C([2H])([2H])c1ccc2[nH]cc(CC([2H])([2H])N(C)C)c2c1.[2H]N(C)S(=O)(=O)C([2H])([2H])c1ccc2c(c1)c(CCN(C([2H])([2H])[2H])C([2H])([2H])[2H])cn2[2H].[2H]N(C)S(=O)(=O)C([2H])([2H])c1ccc2c(c1)c(CCN(C)C([2H])([2H])[2H])cn2[2H].[2H]N(C)S(=O)(=O)C([2H])([2H])c1ccc2c(c1)c(CCN(C)C)cn2[2H]. The van der Waals surface area contributed by atoms with Gasteiger partial charge in [-0.3, -0.25) is 0 Å². The molecular weight excluding hydrogens is 1650 g/mol. The van der Waals surface area contributed by atoms with Crippen LogP contribution in [0.25, 0.3) is 65.4 Å². The average molecular weight is 1820 g/mol. The topological polar surface area (TPSA) is 391 Å². The van der Waals surface area contributed by atoms with Gasteiger partial charge in [-0.15, -0.1) is 0 Å². The van der Waals surface area contributed by atoms with E-state index in [0.29, 0.717) is 87.7 Å². The van der Waals surface area contributed by atoms with Crippen molar-refractivity contribution in [3.8, 4) is 0 Å². The minimum absolute atomic E-state index is 0.00722. The number of sulfonamides is 6. The zero-order chi connectivity index (χ0) is 132. The van der Waals surface area contributed by atoms with Crippen molar-refractivity contribution in [1.82, 2.24) is 87.6 Å². The van der Waals surface area contributed by atoms with Gasteiger partial charge in [0.25, 0.3) is 0 Å². The van der Waals surface area contributed by atoms with Crippen LogP contribution in [0, 0.1) is 0 Å². The molecule has 6 aromatic heterocycles. The Hall–Kier alpha value is -8.22. The number of hydrogen-bond acceptors (Lipinski definition) is 18. The largest absolute Gasteiger partial charge is 0.361 e. The van der Waals surface area contributed by atoms with Gasteiger partial charge in [-0.05, 0) is 304 Å². The predicted molar refractivity (Wildman–Crippen MR) is 493 cm³/mol. The first-order valence-corrected chi connectivity index (χ1v) is 43.8. The van der Waals surface area contributed by atoms with Crippen LogP contribution in [0.4, 0.5) is 0 Å². The summed E-state index contributed by atoms with van der Waals surface area (Å²) < 4.78 is 538. The Morgan fingerprint density at radius 3 is 0.808 bits per heavy atom. The Balaban J connectivity index is 0.000000275. The van der Waals surface area contributed by atoms with E-state index < -0.39 is 195 Å². The van der Waals surface area contributed by atoms with Gasteiger partial charge in [0, 0.05) is 203 Å². The molecule has 30 nitrogen and oxygen atoms in total. The van der Waals surface area contributed by atoms with Gasteiger partial charge in [-0.1, -0.05) is 36.4 Å². The van der Waals surface area contributed by atoms with Gasteiger partial charge < -0.3 is 59.3 Å². The first-order valence-electron chi connectivity index (χ1n) is 60.2. The van der Waals surface area contributed by atoms with Crippen molar-refractivity contribution in [3.63, 3.8) is 0 Å². The second-order valence-electron chi connectivity index (χ2n) is 26.1. The summed E-state index contributed by atoms with van der Waals surface area (Å²) in [5, 5.41) is 2.24. The van der Waals surface area contributed by atoms with Crippen LogP contribution in [0.3, 0.4) is 0 Å². The minimum atomic E-state index is -5.04. The van der Waals surface area contributed by atoms with Crippen molar-refractivity contribution in [2.24, 2.45) is 0 Å². The Labute approximate surface area is 783 Å². The highest BCUT2D eigenvalue weighted by Crippen LogP contribution is 2.28. The molecule has 0 aliphatic heterocycles. The average Bonchev–Trinajstić information content (AvgIpc) is 1.52. The number of likely N-dealkylation sites (N-methyl/N-ethyl adjacent to an activating group) is 6. The third-order valence-electron chi connectivity index (χ3n) is 16.7. The Morgan fingerprint density at radius 1 is 0.300 bits per heavy atom. The highest BCUT2D eigenvalue weighted by molar-refractivity contribution is 7.90. The fraction of sp³-hybridized carbons (Fsp3) is 0.429. The summed E-state index contributed by atoms with van der Waals surface area (Å²) in [6.07, 6.45) is 8.45. The normalized spacial score (nSPS) is 20.8. The molecule has 0 amide bonds. The maximum absolute atomic E-state index is 12.3. The van der Waals surface area contributed by atoms with Crippen LogP contribution >= 0.6 is 0 Å². The number of H-pyrrole nitrogens is 6. The molecule has 12 aromatic rings. The van der Waals surface area contributed by atoms with Crippen LogP contribution in [0.2, 0.25) is 8.47 Å². The number of nitrogens with zero attached hydrogens (tertiary/aromatic N) is 6. The number of hydrogen-bond donors (Lipinski definition) is 12. The van der Waals surface area contributed by atoms with Crippen LogP contribution in [-0.4, -0.2) is 275 Å². The summed E-state index contributed by atoms with van der Waals surface area (Å²) in [6, 6.07) is 23.3. The summed E-state index contributed by atoms with van der Waals surface area (Å²) in [5.41, 5.74) is -14.0. The molecule has 0 aliphatic rings. The quantitative estimate of drug-likeness (QED) is 0.0177. The van der Waals surface area contributed by atoms with Crippen LogP contribution in [0.1, 0.15) is 128 Å². The number of aromatic nitrogens is 6. The van der Waals surface area contributed by atoms with Gasteiger partial charge in [0.15, 0.2) is 4.24 Å². The van der Waals surface area contributed by atoms with Crippen molar-refractivity contribution in [2.45, 2.75) is 72.8 Å². The van der Waals surface area contributed by atoms with Gasteiger partial charge in [0.05, 0.1) is 34.2 Å². The van der Waals surface area contributed by atoms with Crippen molar-refractivity contribution in [3.05, 3.63) is 213 Å². The van der Waals surface area contributed by atoms with Crippen molar-refractivity contribution >= 4 is 126 Å². The lowest BCUT2D eigenvalue weighted by Gasteiger charge is -2.08. The summed E-state index contributed by atoms with van der Waals surface area (Å²) in [7, 11) is -16.1. The number of aryl methyl sites for hydroxylation is 3. The third kappa shape index (κ3) is 31.9. The molecular formula is C84H126N18O12S6. The smallest absolute Gasteiger partial charge is 0.215 e. The van der Waals surface area contributed by atoms with E-state index in [2.05, 4.69) is 15.0 Å². The second-order valence-corrected chi connectivity index (χ2v) is 34.9. The number of fused-ring (bicyclic) bond motifs is 6. The first kappa shape index (κ1) is 48.2. The van der Waals surface area contributed by atoms with E-state index >= 15 is 0 Å². The zero-order valence-corrected chi connectivity index (χ0v) is 70.8. The predicted octanol–water partition coefficient (Wildman–Crippen LogP) is 7.93. The Bertz CT molecular complexity index is 8340. The first-order chi connectivity index (χ1) is 76.4. The van der Waals surface area contributed by atoms with Crippen molar-refractivity contribution < 1.29 is 121 Å². The number of rotatable bonds is 36. The lowest BCUT2D eigenvalue weighted by molar-refractivity contribution is 0.414. The lowest BCUT2D eigenvalue weighted by atomic mass is 10.1. The molecule has 6 heterocycles. The molecule has 0 spiro atoms. The van der Waals surface area contributed by atoms with Gasteiger partial charge in [0.1, 0.15) is 4.24 Å². The molecule has 0 saturated carbocycles. The molecule has 660 valence electrons. The minimum Gasteiger partial charge on any atom is -0.361 e.